The molecule has 3 fully saturated rings. The molecule has 3 aliphatic heterocycles. The number of rotatable bonds is 13. The molecule has 0 aromatic heterocycles. The Morgan fingerprint density at radius 3 is 2.07 bits per heavy atom. The fourth-order valence-corrected chi connectivity index (χ4v) is 8.15. The van der Waals surface area contributed by atoms with Crippen molar-refractivity contribution in [2.75, 3.05) is 47.5 Å². The van der Waals surface area contributed by atoms with E-state index in [-0.39, 0.29) is 43.3 Å². The van der Waals surface area contributed by atoms with Gasteiger partial charge in [-0.1, -0.05) is 37.3 Å². The number of anilines is 3. The van der Waals surface area contributed by atoms with Gasteiger partial charge in [-0.25, -0.2) is 0 Å². The molecule has 5 rings (SSSR count). The summed E-state index contributed by atoms with van der Waals surface area (Å²) in [4.78, 5) is 51.2. The van der Waals surface area contributed by atoms with Crippen molar-refractivity contribution in [1.82, 2.24) is 4.90 Å². The van der Waals surface area contributed by atoms with E-state index < -0.39 is 35.1 Å². The van der Waals surface area contributed by atoms with Gasteiger partial charge in [0, 0.05) is 43.2 Å². The van der Waals surface area contributed by atoms with Crippen molar-refractivity contribution < 1.29 is 24.2 Å². The minimum atomic E-state index is -1.25. The molecule has 7 atom stereocenters. The first-order valence-electron chi connectivity index (χ1n) is 16.4. The van der Waals surface area contributed by atoms with Crippen molar-refractivity contribution in [3.63, 3.8) is 0 Å². The molecule has 0 radical (unpaired) electrons. The molecule has 2 bridgehead atoms. The molecule has 2 aromatic rings. The Balaban J connectivity index is 1.60. The first-order chi connectivity index (χ1) is 22.0. The van der Waals surface area contributed by atoms with Crippen molar-refractivity contribution in [3.05, 3.63) is 79.9 Å². The van der Waals surface area contributed by atoms with E-state index in [0.717, 1.165) is 18.8 Å². The Bertz CT molecular complexity index is 1460. The lowest BCUT2D eigenvalue weighted by Crippen LogP contribution is -2.58. The lowest BCUT2D eigenvalue weighted by Gasteiger charge is -2.39. The third kappa shape index (κ3) is 5.14. The van der Waals surface area contributed by atoms with Crippen LogP contribution >= 0.6 is 0 Å². The molecule has 1 N–H and O–H groups in total. The molecule has 3 amide bonds. The van der Waals surface area contributed by atoms with Crippen LogP contribution in [0.25, 0.3) is 0 Å². The minimum absolute atomic E-state index is 0.118. The number of benzene rings is 2. The van der Waals surface area contributed by atoms with Crippen LogP contribution in [-0.4, -0.2) is 83.8 Å². The number of aliphatic hydroxyl groups is 1. The minimum Gasteiger partial charge on any atom is -0.394 e. The average molecular weight is 629 g/mol. The van der Waals surface area contributed by atoms with E-state index in [0.29, 0.717) is 17.8 Å². The zero-order chi connectivity index (χ0) is 33.4. The van der Waals surface area contributed by atoms with Crippen LogP contribution in [0.4, 0.5) is 17.1 Å². The number of hydrogen-bond donors (Lipinski definition) is 1. The second kappa shape index (κ2) is 13.0. The fourth-order valence-electron chi connectivity index (χ4n) is 8.15. The SMILES string of the molecule is C=CCN(C(=O)C1N([C@H](C)CO)C(=O)[C@@H]2[C@H](C(=O)N(CC=C)c3ccccc3)[C@@]3(C)OC12CC3C)c1ccc(N(CC)CC)cc1. The van der Waals surface area contributed by atoms with Gasteiger partial charge in [-0.2, -0.15) is 0 Å². The van der Waals surface area contributed by atoms with Crippen LogP contribution in [0.1, 0.15) is 41.0 Å². The maximum atomic E-state index is 14.9. The van der Waals surface area contributed by atoms with Gasteiger partial charge < -0.3 is 29.4 Å². The van der Waals surface area contributed by atoms with Gasteiger partial charge in [0.25, 0.3) is 5.91 Å². The number of aliphatic hydroxyl groups excluding tert-OH is 1. The normalized spacial score (nSPS) is 28.5. The molecule has 3 aliphatic rings. The topological polar surface area (TPSA) is 93.6 Å². The van der Waals surface area contributed by atoms with Crippen LogP contribution in [0.5, 0.6) is 0 Å². The van der Waals surface area contributed by atoms with Crippen molar-refractivity contribution in [1.29, 1.82) is 0 Å². The quantitative estimate of drug-likeness (QED) is 0.325. The van der Waals surface area contributed by atoms with Gasteiger partial charge in [0.1, 0.15) is 11.6 Å². The molecule has 46 heavy (non-hydrogen) atoms. The number of fused-ring (bicyclic) bond motifs is 1. The summed E-state index contributed by atoms with van der Waals surface area (Å²) < 4.78 is 6.96. The summed E-state index contributed by atoms with van der Waals surface area (Å²) in [5.74, 6) is -2.74. The third-order valence-corrected chi connectivity index (χ3v) is 10.5. The second-order valence-corrected chi connectivity index (χ2v) is 13.0. The van der Waals surface area contributed by atoms with Gasteiger partial charge in [0.15, 0.2) is 0 Å². The van der Waals surface area contributed by atoms with Crippen LogP contribution in [-0.2, 0) is 19.1 Å². The van der Waals surface area contributed by atoms with E-state index in [4.69, 9.17) is 4.74 Å². The van der Waals surface area contributed by atoms with Gasteiger partial charge in [-0.3, -0.25) is 14.4 Å². The molecule has 3 saturated heterocycles. The van der Waals surface area contributed by atoms with Crippen LogP contribution in [0, 0.1) is 17.8 Å². The highest BCUT2D eigenvalue weighted by molar-refractivity contribution is 6.07. The number of nitrogens with zero attached hydrogens (tertiary/aromatic N) is 4. The zero-order valence-electron chi connectivity index (χ0n) is 27.8. The monoisotopic (exact) mass is 628 g/mol. The third-order valence-electron chi connectivity index (χ3n) is 10.5. The first kappa shape index (κ1) is 33.4. The van der Waals surface area contributed by atoms with Crippen molar-refractivity contribution >= 4 is 34.8 Å². The number of ether oxygens (including phenoxy) is 1. The van der Waals surface area contributed by atoms with E-state index in [1.807, 2.05) is 68.4 Å². The molecule has 1 spiro atoms. The Morgan fingerprint density at radius 1 is 0.978 bits per heavy atom. The van der Waals surface area contributed by atoms with E-state index in [1.54, 1.807) is 28.9 Å². The second-order valence-electron chi connectivity index (χ2n) is 13.0. The Hall–Kier alpha value is -3.95. The summed E-state index contributed by atoms with van der Waals surface area (Å²) in [6.45, 7) is 19.5. The van der Waals surface area contributed by atoms with Crippen molar-refractivity contribution in [3.8, 4) is 0 Å². The lowest BCUT2D eigenvalue weighted by atomic mass is 9.62. The van der Waals surface area contributed by atoms with Gasteiger partial charge in [-0.15, -0.1) is 13.2 Å². The van der Waals surface area contributed by atoms with E-state index in [1.165, 1.54) is 4.90 Å². The molecular formula is C37H48N4O5. The maximum Gasteiger partial charge on any atom is 0.253 e. The van der Waals surface area contributed by atoms with Gasteiger partial charge in [0.05, 0.1) is 30.1 Å². The molecule has 3 unspecified atom stereocenters. The van der Waals surface area contributed by atoms with Crippen LogP contribution < -0.4 is 14.7 Å². The molecule has 9 heteroatoms. The smallest absolute Gasteiger partial charge is 0.253 e. The van der Waals surface area contributed by atoms with Gasteiger partial charge in [0.2, 0.25) is 11.8 Å². The number of amides is 3. The lowest BCUT2D eigenvalue weighted by molar-refractivity contribution is -0.148. The molecule has 2 aromatic carbocycles. The van der Waals surface area contributed by atoms with Crippen molar-refractivity contribution in [2.24, 2.45) is 17.8 Å². The predicted molar refractivity (Wildman–Crippen MR) is 182 cm³/mol. The highest BCUT2D eigenvalue weighted by atomic mass is 16.5. The number of para-hydroxylation sites is 1. The molecule has 3 heterocycles. The highest BCUT2D eigenvalue weighted by Gasteiger charge is 2.80. The number of carbonyl (C=O) groups excluding carboxylic acids is 3. The summed E-state index contributed by atoms with van der Waals surface area (Å²) >= 11 is 0. The van der Waals surface area contributed by atoms with E-state index in [2.05, 4.69) is 31.9 Å². The summed E-state index contributed by atoms with van der Waals surface area (Å²) in [5.41, 5.74) is 0.194. The van der Waals surface area contributed by atoms with Gasteiger partial charge >= 0.3 is 0 Å². The summed E-state index contributed by atoms with van der Waals surface area (Å²) in [5, 5.41) is 10.3. The largest absolute Gasteiger partial charge is 0.394 e. The molecule has 0 saturated carbocycles. The average Bonchev–Trinajstić information content (AvgIpc) is 3.59. The fraction of sp³-hybridized carbons (Fsp3) is 0.486. The standard InChI is InChI=1S/C37H48N4O5/c1-8-21-39(28-15-13-12-14-16-28)33(43)30-31-34(44)41(26(6)24-42)32(37(31)23-25(5)36(30,7)46-37)35(45)40(22-9-2)29-19-17-27(18-20-29)38(10-3)11-4/h8-9,12-20,25-26,30-32,42H,1-2,10-11,21-24H2,3-7H3/t25?,26-,30-,31+,32?,36+,37?/m1/s1. The van der Waals surface area contributed by atoms with Crippen LogP contribution in [0.2, 0.25) is 0 Å². The Kier molecular flexibility index (Phi) is 9.47. The van der Waals surface area contributed by atoms with E-state index >= 15 is 0 Å². The summed E-state index contributed by atoms with van der Waals surface area (Å²) in [6.07, 6.45) is 3.77. The summed E-state index contributed by atoms with van der Waals surface area (Å²) in [6, 6.07) is 15.4. The number of hydrogen-bond acceptors (Lipinski definition) is 6. The predicted octanol–water partition coefficient (Wildman–Crippen LogP) is 4.66. The molecule has 9 nitrogen and oxygen atoms in total. The molecular weight excluding hydrogens is 580 g/mol. The Labute approximate surface area is 273 Å². The highest BCUT2D eigenvalue weighted by Crippen LogP contribution is 2.66. The van der Waals surface area contributed by atoms with Crippen molar-refractivity contribution in [2.45, 2.75) is 64.3 Å². The van der Waals surface area contributed by atoms with Crippen LogP contribution in [0.15, 0.2) is 79.9 Å². The molecule has 0 aliphatic carbocycles. The van der Waals surface area contributed by atoms with Crippen LogP contribution in [0.3, 0.4) is 0 Å². The Morgan fingerprint density at radius 2 is 1.52 bits per heavy atom. The first-order valence-corrected chi connectivity index (χ1v) is 16.4. The number of likely N-dealkylation sites (tertiary alicyclic amines) is 1. The summed E-state index contributed by atoms with van der Waals surface area (Å²) in [7, 11) is 0. The maximum absolute atomic E-state index is 14.9. The number of carbonyl (C=O) groups is 3. The van der Waals surface area contributed by atoms with E-state index in [9.17, 15) is 19.5 Å². The van der Waals surface area contributed by atoms with Gasteiger partial charge in [-0.05, 0) is 76.4 Å². The zero-order valence-corrected chi connectivity index (χ0v) is 27.8. The molecule has 246 valence electrons.